The fourth-order valence-corrected chi connectivity index (χ4v) is 4.34. The Balaban J connectivity index is 1.83. The van der Waals surface area contributed by atoms with Gasteiger partial charge in [-0.05, 0) is 74.2 Å². The SMILES string of the molecule is Cc1ccc(C2c3c(oc4cc(C)c(C)cc4c3=O)C(=O)N2c2cccc(C)c2)cc1. The minimum atomic E-state index is -0.535. The van der Waals surface area contributed by atoms with Crippen LogP contribution in [0, 0.1) is 27.7 Å². The number of amides is 1. The Labute approximate surface area is 180 Å². The summed E-state index contributed by atoms with van der Waals surface area (Å²) in [5.41, 5.74) is 6.55. The van der Waals surface area contributed by atoms with E-state index in [2.05, 4.69) is 0 Å². The number of carbonyl (C=O) groups excluding carboxylic acids is 1. The number of aryl methyl sites for hydroxylation is 4. The molecule has 0 N–H and O–H groups in total. The summed E-state index contributed by atoms with van der Waals surface area (Å²) < 4.78 is 6.10. The zero-order valence-electron chi connectivity index (χ0n) is 18.0. The van der Waals surface area contributed by atoms with Crippen molar-refractivity contribution in [3.8, 4) is 0 Å². The summed E-state index contributed by atoms with van der Waals surface area (Å²) in [6, 6.07) is 18.9. The molecule has 31 heavy (non-hydrogen) atoms. The lowest BCUT2D eigenvalue weighted by molar-refractivity contribution is 0.0971. The van der Waals surface area contributed by atoms with Crippen LogP contribution in [0.15, 0.2) is 69.9 Å². The van der Waals surface area contributed by atoms with Crippen molar-refractivity contribution in [1.29, 1.82) is 0 Å². The number of benzene rings is 3. The minimum absolute atomic E-state index is 0.132. The van der Waals surface area contributed by atoms with E-state index < -0.39 is 6.04 Å². The van der Waals surface area contributed by atoms with Crippen molar-refractivity contribution in [2.75, 3.05) is 4.90 Å². The van der Waals surface area contributed by atoms with Crippen molar-refractivity contribution >= 4 is 22.6 Å². The maximum atomic E-state index is 13.7. The number of rotatable bonds is 2. The lowest BCUT2D eigenvalue weighted by Crippen LogP contribution is -2.29. The van der Waals surface area contributed by atoms with Crippen molar-refractivity contribution in [3.05, 3.63) is 110 Å². The zero-order chi connectivity index (χ0) is 21.9. The molecule has 1 aliphatic rings. The van der Waals surface area contributed by atoms with E-state index in [4.69, 9.17) is 4.42 Å². The number of anilines is 1. The summed E-state index contributed by atoms with van der Waals surface area (Å²) in [6.07, 6.45) is 0. The topological polar surface area (TPSA) is 50.5 Å². The van der Waals surface area contributed by atoms with Gasteiger partial charge in [0, 0.05) is 5.69 Å². The Morgan fingerprint density at radius 3 is 2.23 bits per heavy atom. The first kappa shape index (κ1) is 19.3. The highest BCUT2D eigenvalue weighted by Gasteiger charge is 2.43. The Hall–Kier alpha value is -3.66. The molecular formula is C27H23NO3. The van der Waals surface area contributed by atoms with Gasteiger partial charge in [0.25, 0.3) is 5.91 Å². The molecule has 5 rings (SSSR count). The summed E-state index contributed by atoms with van der Waals surface area (Å²) in [4.78, 5) is 29.0. The fraction of sp³-hybridized carbons (Fsp3) is 0.185. The fourth-order valence-electron chi connectivity index (χ4n) is 4.34. The number of hydrogen-bond donors (Lipinski definition) is 0. The van der Waals surface area contributed by atoms with Crippen LogP contribution in [0.1, 0.15) is 50.0 Å². The van der Waals surface area contributed by atoms with Crippen molar-refractivity contribution in [2.45, 2.75) is 33.7 Å². The molecule has 0 saturated heterocycles. The van der Waals surface area contributed by atoms with Crippen LogP contribution in [-0.4, -0.2) is 5.91 Å². The quantitative estimate of drug-likeness (QED) is 0.422. The second-order valence-corrected chi connectivity index (χ2v) is 8.43. The molecule has 1 amide bonds. The molecule has 2 heterocycles. The summed E-state index contributed by atoms with van der Waals surface area (Å²) in [5, 5.41) is 0.512. The predicted molar refractivity (Wildman–Crippen MR) is 123 cm³/mol. The van der Waals surface area contributed by atoms with Gasteiger partial charge in [-0.25, -0.2) is 0 Å². The Morgan fingerprint density at radius 2 is 1.52 bits per heavy atom. The third-order valence-corrected chi connectivity index (χ3v) is 6.16. The molecule has 1 unspecified atom stereocenters. The monoisotopic (exact) mass is 409 g/mol. The molecule has 1 aliphatic heterocycles. The lowest BCUT2D eigenvalue weighted by atomic mass is 9.96. The van der Waals surface area contributed by atoms with Crippen LogP contribution >= 0.6 is 0 Å². The molecule has 0 aliphatic carbocycles. The molecule has 3 aromatic carbocycles. The van der Waals surface area contributed by atoms with Gasteiger partial charge in [0.15, 0.2) is 5.43 Å². The highest BCUT2D eigenvalue weighted by atomic mass is 16.3. The molecule has 4 heteroatoms. The van der Waals surface area contributed by atoms with E-state index in [0.717, 1.165) is 33.5 Å². The smallest absolute Gasteiger partial charge is 0.295 e. The van der Waals surface area contributed by atoms with Crippen LogP contribution in [0.5, 0.6) is 0 Å². The first-order valence-corrected chi connectivity index (χ1v) is 10.4. The molecule has 0 saturated carbocycles. The first-order chi connectivity index (χ1) is 14.8. The molecule has 4 aromatic rings. The largest absolute Gasteiger partial charge is 0.450 e. The highest BCUT2D eigenvalue weighted by molar-refractivity contribution is 6.10. The van der Waals surface area contributed by atoms with E-state index in [0.29, 0.717) is 16.5 Å². The molecule has 0 bridgehead atoms. The van der Waals surface area contributed by atoms with E-state index in [9.17, 15) is 9.59 Å². The number of carbonyl (C=O) groups is 1. The number of fused-ring (bicyclic) bond motifs is 2. The van der Waals surface area contributed by atoms with Crippen LogP contribution in [0.3, 0.4) is 0 Å². The van der Waals surface area contributed by atoms with Gasteiger partial charge in [0.1, 0.15) is 5.58 Å². The van der Waals surface area contributed by atoms with Crippen LogP contribution in [0.4, 0.5) is 5.69 Å². The lowest BCUT2D eigenvalue weighted by Gasteiger charge is -2.25. The van der Waals surface area contributed by atoms with E-state index in [1.807, 2.05) is 88.4 Å². The summed E-state index contributed by atoms with van der Waals surface area (Å²) in [5.74, 6) is -0.156. The van der Waals surface area contributed by atoms with Crippen LogP contribution < -0.4 is 10.3 Å². The third-order valence-electron chi connectivity index (χ3n) is 6.16. The summed E-state index contributed by atoms with van der Waals surface area (Å²) >= 11 is 0. The molecule has 1 aromatic heterocycles. The molecule has 0 radical (unpaired) electrons. The summed E-state index contributed by atoms with van der Waals surface area (Å²) in [6.45, 7) is 7.95. The first-order valence-electron chi connectivity index (χ1n) is 10.4. The zero-order valence-corrected chi connectivity index (χ0v) is 18.0. The minimum Gasteiger partial charge on any atom is -0.450 e. The van der Waals surface area contributed by atoms with Crippen molar-refractivity contribution < 1.29 is 9.21 Å². The third kappa shape index (κ3) is 2.98. The second-order valence-electron chi connectivity index (χ2n) is 8.43. The maximum absolute atomic E-state index is 13.7. The van der Waals surface area contributed by atoms with Gasteiger partial charge in [-0.3, -0.25) is 14.5 Å². The Kier molecular flexibility index (Phi) is 4.33. The van der Waals surface area contributed by atoms with Crippen LogP contribution in [-0.2, 0) is 0 Å². The van der Waals surface area contributed by atoms with Gasteiger partial charge in [0.05, 0.1) is 17.0 Å². The number of nitrogens with zero attached hydrogens (tertiary/aromatic N) is 1. The van der Waals surface area contributed by atoms with Crippen molar-refractivity contribution in [2.24, 2.45) is 0 Å². The van der Waals surface area contributed by atoms with Crippen LogP contribution in [0.2, 0.25) is 0 Å². The average molecular weight is 409 g/mol. The van der Waals surface area contributed by atoms with Gasteiger partial charge in [0.2, 0.25) is 5.76 Å². The molecule has 0 fully saturated rings. The van der Waals surface area contributed by atoms with Crippen molar-refractivity contribution in [3.63, 3.8) is 0 Å². The predicted octanol–water partition coefficient (Wildman–Crippen LogP) is 5.78. The molecule has 4 nitrogen and oxygen atoms in total. The molecular weight excluding hydrogens is 386 g/mol. The van der Waals surface area contributed by atoms with Crippen LogP contribution in [0.25, 0.3) is 11.0 Å². The Morgan fingerprint density at radius 1 is 0.806 bits per heavy atom. The van der Waals surface area contributed by atoms with E-state index >= 15 is 0 Å². The highest BCUT2D eigenvalue weighted by Crippen LogP contribution is 2.41. The summed E-state index contributed by atoms with van der Waals surface area (Å²) in [7, 11) is 0. The van der Waals surface area contributed by atoms with Gasteiger partial charge in [-0.1, -0.05) is 42.0 Å². The van der Waals surface area contributed by atoms with E-state index in [1.54, 1.807) is 4.90 Å². The number of hydrogen-bond acceptors (Lipinski definition) is 3. The maximum Gasteiger partial charge on any atom is 0.295 e. The molecule has 0 spiro atoms. The van der Waals surface area contributed by atoms with E-state index in [1.165, 1.54) is 0 Å². The Bertz CT molecular complexity index is 1410. The normalized spacial score (nSPS) is 15.5. The van der Waals surface area contributed by atoms with Gasteiger partial charge in [-0.15, -0.1) is 0 Å². The van der Waals surface area contributed by atoms with Gasteiger partial charge >= 0.3 is 0 Å². The second kappa shape index (κ2) is 6.95. The molecule has 154 valence electrons. The standard InChI is InChI=1S/C27H23NO3/c1-15-8-10-19(11-9-15)24-23-25(29)21-13-17(3)18(4)14-22(21)31-26(23)27(30)28(24)20-7-5-6-16(2)12-20/h5-14,24H,1-4H3. The van der Waals surface area contributed by atoms with Gasteiger partial charge in [-0.2, -0.15) is 0 Å². The molecule has 1 atom stereocenters. The van der Waals surface area contributed by atoms with Gasteiger partial charge < -0.3 is 4.42 Å². The average Bonchev–Trinajstić information content (AvgIpc) is 3.03. The van der Waals surface area contributed by atoms with E-state index in [-0.39, 0.29) is 17.1 Å². The van der Waals surface area contributed by atoms with Crippen molar-refractivity contribution in [1.82, 2.24) is 0 Å².